The van der Waals surface area contributed by atoms with E-state index in [9.17, 15) is 4.39 Å². The highest BCUT2D eigenvalue weighted by Gasteiger charge is 2.21. The van der Waals surface area contributed by atoms with Crippen LogP contribution in [-0.2, 0) is 4.74 Å². The van der Waals surface area contributed by atoms with Crippen molar-refractivity contribution >= 4 is 45.7 Å². The molecule has 134 valence electrons. The Labute approximate surface area is 158 Å². The number of ether oxygens (including phenoxy) is 2. The number of halogens is 3. The SMILES string of the molecule is Fc1c(Nc2ncnc3ccc(Cl)nc23)ccc(OCC2COC2)c1Cl. The van der Waals surface area contributed by atoms with E-state index >= 15 is 0 Å². The lowest BCUT2D eigenvalue weighted by Crippen LogP contribution is -2.32. The minimum Gasteiger partial charge on any atom is -0.491 e. The number of nitrogens with one attached hydrogen (secondary N) is 1. The number of pyridine rings is 1. The standard InChI is InChI=1S/C17H13Cl2FN4O2/c18-13-4-2-11-16(24-13)17(22-8-21-11)23-10-1-3-12(14(19)15(10)20)26-7-9-5-25-6-9/h1-4,8-9H,5-7H2,(H,21,22,23). The second-order valence-electron chi connectivity index (χ2n) is 5.80. The third-order valence-electron chi connectivity index (χ3n) is 3.93. The van der Waals surface area contributed by atoms with Gasteiger partial charge in [-0.15, -0.1) is 0 Å². The Morgan fingerprint density at radius 1 is 1.19 bits per heavy atom. The molecular formula is C17H13Cl2FN4O2. The summed E-state index contributed by atoms with van der Waals surface area (Å²) in [5.74, 6) is 0.293. The zero-order valence-electron chi connectivity index (χ0n) is 13.4. The fourth-order valence-electron chi connectivity index (χ4n) is 2.46. The van der Waals surface area contributed by atoms with Crippen molar-refractivity contribution in [3.63, 3.8) is 0 Å². The maximum Gasteiger partial charge on any atom is 0.169 e. The Morgan fingerprint density at radius 3 is 2.81 bits per heavy atom. The predicted molar refractivity (Wildman–Crippen MR) is 96.8 cm³/mol. The number of nitrogens with zero attached hydrogens (tertiary/aromatic N) is 3. The van der Waals surface area contributed by atoms with Gasteiger partial charge in [-0.2, -0.15) is 0 Å². The Morgan fingerprint density at radius 2 is 2.04 bits per heavy atom. The molecule has 0 amide bonds. The molecule has 0 bridgehead atoms. The number of aromatic nitrogens is 3. The molecule has 0 aliphatic carbocycles. The van der Waals surface area contributed by atoms with Crippen LogP contribution in [0.25, 0.3) is 11.0 Å². The van der Waals surface area contributed by atoms with Crippen LogP contribution in [0.2, 0.25) is 10.2 Å². The highest BCUT2D eigenvalue weighted by atomic mass is 35.5. The number of benzene rings is 1. The van der Waals surface area contributed by atoms with Gasteiger partial charge < -0.3 is 14.8 Å². The Kier molecular flexibility index (Phi) is 4.76. The van der Waals surface area contributed by atoms with Gasteiger partial charge in [-0.3, -0.25) is 0 Å². The second kappa shape index (κ2) is 7.19. The van der Waals surface area contributed by atoms with Crippen LogP contribution in [0, 0.1) is 11.7 Å². The van der Waals surface area contributed by atoms with E-state index in [0.717, 1.165) is 0 Å². The molecule has 0 unspecified atom stereocenters. The van der Waals surface area contributed by atoms with Crippen molar-refractivity contribution in [1.82, 2.24) is 15.0 Å². The monoisotopic (exact) mass is 394 g/mol. The van der Waals surface area contributed by atoms with E-state index in [1.165, 1.54) is 12.4 Å². The fourth-order valence-corrected chi connectivity index (χ4v) is 2.83. The van der Waals surface area contributed by atoms with E-state index in [0.29, 0.717) is 42.6 Å². The zero-order chi connectivity index (χ0) is 18.1. The van der Waals surface area contributed by atoms with E-state index in [1.807, 2.05) is 0 Å². The van der Waals surface area contributed by atoms with Crippen LogP contribution in [-0.4, -0.2) is 34.8 Å². The van der Waals surface area contributed by atoms with Gasteiger partial charge in [0.1, 0.15) is 27.8 Å². The summed E-state index contributed by atoms with van der Waals surface area (Å²) < 4.78 is 25.3. The molecule has 1 saturated heterocycles. The lowest BCUT2D eigenvalue weighted by atomic mass is 10.1. The molecule has 1 aromatic carbocycles. The van der Waals surface area contributed by atoms with Crippen LogP contribution in [0.4, 0.5) is 15.9 Å². The van der Waals surface area contributed by atoms with Crippen LogP contribution in [0.15, 0.2) is 30.6 Å². The molecule has 0 atom stereocenters. The smallest absolute Gasteiger partial charge is 0.169 e. The maximum absolute atomic E-state index is 14.7. The average molecular weight is 395 g/mol. The van der Waals surface area contributed by atoms with Gasteiger partial charge in [0.25, 0.3) is 0 Å². The number of anilines is 2. The van der Waals surface area contributed by atoms with Crippen molar-refractivity contribution < 1.29 is 13.9 Å². The van der Waals surface area contributed by atoms with Crippen molar-refractivity contribution in [1.29, 1.82) is 0 Å². The minimum absolute atomic E-state index is 0.0976. The number of rotatable bonds is 5. The zero-order valence-corrected chi connectivity index (χ0v) is 14.9. The van der Waals surface area contributed by atoms with Gasteiger partial charge in [0.15, 0.2) is 11.6 Å². The molecule has 3 aromatic rings. The molecule has 26 heavy (non-hydrogen) atoms. The number of hydrogen-bond donors (Lipinski definition) is 1. The van der Waals surface area contributed by atoms with Crippen molar-refractivity contribution in [2.45, 2.75) is 0 Å². The molecule has 0 saturated carbocycles. The predicted octanol–water partition coefficient (Wildman–Crippen LogP) is 4.24. The first-order chi connectivity index (χ1) is 12.6. The molecule has 9 heteroatoms. The third-order valence-corrected chi connectivity index (χ3v) is 4.49. The largest absolute Gasteiger partial charge is 0.491 e. The quantitative estimate of drug-likeness (QED) is 0.652. The van der Waals surface area contributed by atoms with Crippen LogP contribution in [0.3, 0.4) is 0 Å². The second-order valence-corrected chi connectivity index (χ2v) is 6.57. The summed E-state index contributed by atoms with van der Waals surface area (Å²) >= 11 is 12.0. The molecule has 1 aliphatic rings. The van der Waals surface area contributed by atoms with Crippen molar-refractivity contribution in [3.8, 4) is 5.75 Å². The van der Waals surface area contributed by atoms with Crippen LogP contribution in [0.5, 0.6) is 5.75 Å². The van der Waals surface area contributed by atoms with E-state index in [2.05, 4.69) is 20.3 Å². The summed E-state index contributed by atoms with van der Waals surface area (Å²) in [6.45, 7) is 1.73. The molecular weight excluding hydrogens is 382 g/mol. The minimum atomic E-state index is -0.636. The van der Waals surface area contributed by atoms with Crippen molar-refractivity contribution in [2.24, 2.45) is 5.92 Å². The highest BCUT2D eigenvalue weighted by molar-refractivity contribution is 6.32. The summed E-state index contributed by atoms with van der Waals surface area (Å²) in [7, 11) is 0. The first-order valence-corrected chi connectivity index (χ1v) is 8.60. The molecule has 0 spiro atoms. The molecule has 1 fully saturated rings. The average Bonchev–Trinajstić information content (AvgIpc) is 2.60. The van der Waals surface area contributed by atoms with E-state index in [1.54, 1.807) is 18.2 Å². The van der Waals surface area contributed by atoms with Gasteiger partial charge in [0, 0.05) is 5.92 Å². The maximum atomic E-state index is 14.7. The summed E-state index contributed by atoms with van der Waals surface area (Å²) in [4.78, 5) is 12.4. The third kappa shape index (κ3) is 3.38. The molecule has 6 nitrogen and oxygen atoms in total. The van der Waals surface area contributed by atoms with Crippen LogP contribution < -0.4 is 10.1 Å². The number of hydrogen-bond acceptors (Lipinski definition) is 6. The summed E-state index contributed by atoms with van der Waals surface area (Å²) in [6.07, 6.45) is 1.36. The van der Waals surface area contributed by atoms with Crippen LogP contribution in [0.1, 0.15) is 0 Å². The normalized spacial score (nSPS) is 14.3. The Bertz CT molecular complexity index is 969. The molecule has 1 N–H and O–H groups in total. The Balaban J connectivity index is 1.60. The van der Waals surface area contributed by atoms with E-state index in [4.69, 9.17) is 32.7 Å². The van der Waals surface area contributed by atoms with Gasteiger partial charge in [-0.1, -0.05) is 23.2 Å². The first-order valence-electron chi connectivity index (χ1n) is 7.84. The van der Waals surface area contributed by atoms with E-state index < -0.39 is 5.82 Å². The summed E-state index contributed by atoms with van der Waals surface area (Å²) in [6, 6.07) is 6.47. The molecule has 4 rings (SSSR count). The molecule has 2 aromatic heterocycles. The fraction of sp³-hybridized carbons (Fsp3) is 0.235. The molecule has 0 radical (unpaired) electrons. The lowest BCUT2D eigenvalue weighted by molar-refractivity contribution is -0.0508. The molecule has 3 heterocycles. The molecule has 1 aliphatic heterocycles. The van der Waals surface area contributed by atoms with Gasteiger partial charge in [0.2, 0.25) is 0 Å². The van der Waals surface area contributed by atoms with Crippen molar-refractivity contribution in [2.75, 3.05) is 25.1 Å². The highest BCUT2D eigenvalue weighted by Crippen LogP contribution is 2.34. The van der Waals surface area contributed by atoms with Gasteiger partial charge >= 0.3 is 0 Å². The number of fused-ring (bicyclic) bond motifs is 1. The van der Waals surface area contributed by atoms with Crippen molar-refractivity contribution in [3.05, 3.63) is 46.6 Å². The van der Waals surface area contributed by atoms with Gasteiger partial charge in [0.05, 0.1) is 31.0 Å². The van der Waals surface area contributed by atoms with Crippen LogP contribution >= 0.6 is 23.2 Å². The summed E-state index contributed by atoms with van der Waals surface area (Å²) in [5, 5.41) is 3.08. The topological polar surface area (TPSA) is 69.2 Å². The lowest BCUT2D eigenvalue weighted by Gasteiger charge is -2.26. The van der Waals surface area contributed by atoms with Gasteiger partial charge in [-0.05, 0) is 24.3 Å². The Hall–Kier alpha value is -2.22. The first kappa shape index (κ1) is 17.2. The summed E-state index contributed by atoms with van der Waals surface area (Å²) in [5.41, 5.74) is 1.16. The van der Waals surface area contributed by atoms with Gasteiger partial charge in [-0.25, -0.2) is 19.3 Å². The van der Waals surface area contributed by atoms with E-state index in [-0.39, 0.29) is 21.6 Å².